The Bertz CT molecular complexity index is 1310. The van der Waals surface area contributed by atoms with Crippen LogP contribution >= 0.6 is 11.3 Å². The van der Waals surface area contributed by atoms with Gasteiger partial charge in [0.15, 0.2) is 0 Å². The normalized spacial score (nSPS) is 11.2. The predicted molar refractivity (Wildman–Crippen MR) is 126 cm³/mol. The van der Waals surface area contributed by atoms with E-state index < -0.39 is 5.82 Å². The number of nitrogens with one attached hydrogen (secondary N) is 1. The van der Waals surface area contributed by atoms with Gasteiger partial charge < -0.3 is 10.1 Å². The van der Waals surface area contributed by atoms with Crippen molar-refractivity contribution in [1.82, 2.24) is 14.6 Å². The molecule has 0 aliphatic rings. The Morgan fingerprint density at radius 2 is 1.82 bits per heavy atom. The molecule has 0 fully saturated rings. The number of rotatable bonds is 8. The molecule has 0 saturated carbocycles. The molecular formula is C24H23FN4O3S. The highest BCUT2D eigenvalue weighted by Gasteiger charge is 2.15. The molecule has 1 N–H and O–H groups in total. The molecule has 33 heavy (non-hydrogen) atoms. The maximum absolute atomic E-state index is 13.0. The first-order valence-corrected chi connectivity index (χ1v) is 11.5. The van der Waals surface area contributed by atoms with Gasteiger partial charge in [0.2, 0.25) is 4.96 Å². The fourth-order valence-corrected chi connectivity index (χ4v) is 4.53. The average Bonchev–Trinajstić information content (AvgIpc) is 3.24. The first-order chi connectivity index (χ1) is 16.0. The van der Waals surface area contributed by atoms with Crippen molar-refractivity contribution in [2.45, 2.75) is 39.2 Å². The average molecular weight is 467 g/mol. The van der Waals surface area contributed by atoms with Crippen LogP contribution < -0.4 is 15.6 Å². The first kappa shape index (κ1) is 22.6. The SMILES string of the molecule is CCC(CC)c1nn2c(=O)cc(COc3ccc(NC(=O)c4ccc(F)cc4)cc3)nc2s1. The second kappa shape index (κ2) is 9.91. The molecule has 0 atom stereocenters. The number of hydrogen-bond acceptors (Lipinski definition) is 6. The standard InChI is InChI=1S/C24H23FN4O3S/c1-3-15(4-2)23-28-29-21(30)13-19(27-24(29)33-23)14-32-20-11-9-18(10-12-20)26-22(31)16-5-7-17(25)8-6-16/h5-13,15H,3-4,14H2,1-2H3,(H,26,31). The summed E-state index contributed by atoms with van der Waals surface area (Å²) >= 11 is 1.44. The Hall–Kier alpha value is -3.59. The summed E-state index contributed by atoms with van der Waals surface area (Å²) in [7, 11) is 0. The Balaban J connectivity index is 1.41. The summed E-state index contributed by atoms with van der Waals surface area (Å²) in [6.45, 7) is 4.34. The van der Waals surface area contributed by atoms with E-state index in [0.717, 1.165) is 17.8 Å². The molecule has 0 aliphatic carbocycles. The molecule has 0 spiro atoms. The Kier molecular flexibility index (Phi) is 6.79. The first-order valence-electron chi connectivity index (χ1n) is 10.7. The van der Waals surface area contributed by atoms with Gasteiger partial charge in [-0.3, -0.25) is 9.59 Å². The molecule has 2 aromatic heterocycles. The van der Waals surface area contributed by atoms with Gasteiger partial charge in [0.1, 0.15) is 23.2 Å². The summed E-state index contributed by atoms with van der Waals surface area (Å²) in [5.74, 6) is 0.155. The van der Waals surface area contributed by atoms with Gasteiger partial charge in [-0.1, -0.05) is 25.2 Å². The van der Waals surface area contributed by atoms with E-state index in [1.165, 1.54) is 46.2 Å². The van der Waals surface area contributed by atoms with E-state index in [2.05, 4.69) is 29.2 Å². The van der Waals surface area contributed by atoms with Crippen LogP contribution in [0.3, 0.4) is 0 Å². The number of nitrogens with zero attached hydrogens (tertiary/aromatic N) is 3. The van der Waals surface area contributed by atoms with Crippen molar-refractivity contribution >= 4 is 27.9 Å². The fourth-order valence-electron chi connectivity index (χ4n) is 3.34. The quantitative estimate of drug-likeness (QED) is 0.394. The summed E-state index contributed by atoms with van der Waals surface area (Å²) in [4.78, 5) is 29.8. The third-order valence-corrected chi connectivity index (χ3v) is 6.32. The predicted octanol–water partition coefficient (Wildman–Crippen LogP) is 5.03. The topological polar surface area (TPSA) is 85.6 Å². The molecule has 1 amide bonds. The summed E-state index contributed by atoms with van der Waals surface area (Å²) in [6, 6.07) is 13.6. The number of halogens is 1. The molecule has 170 valence electrons. The highest BCUT2D eigenvalue weighted by Crippen LogP contribution is 2.26. The van der Waals surface area contributed by atoms with E-state index in [1.807, 2.05) is 0 Å². The molecular weight excluding hydrogens is 443 g/mol. The second-order valence-corrected chi connectivity index (χ2v) is 8.50. The number of aromatic nitrogens is 3. The minimum absolute atomic E-state index is 0.130. The third kappa shape index (κ3) is 5.25. The van der Waals surface area contributed by atoms with Crippen LogP contribution in [-0.4, -0.2) is 20.5 Å². The third-order valence-electron chi connectivity index (χ3n) is 5.25. The van der Waals surface area contributed by atoms with Gasteiger partial charge in [-0.2, -0.15) is 9.61 Å². The van der Waals surface area contributed by atoms with Crippen molar-refractivity contribution in [3.05, 3.63) is 87.0 Å². The lowest BCUT2D eigenvalue weighted by Gasteiger charge is -2.08. The molecule has 0 aliphatic heterocycles. The van der Waals surface area contributed by atoms with Crippen LogP contribution in [0.2, 0.25) is 0 Å². The lowest BCUT2D eigenvalue weighted by atomic mass is 10.1. The number of carbonyl (C=O) groups is 1. The van der Waals surface area contributed by atoms with Crippen molar-refractivity contribution in [1.29, 1.82) is 0 Å². The zero-order valence-electron chi connectivity index (χ0n) is 18.2. The highest BCUT2D eigenvalue weighted by atomic mass is 32.1. The zero-order chi connectivity index (χ0) is 23.4. The minimum atomic E-state index is -0.397. The number of amides is 1. The fraction of sp³-hybridized carbons (Fsp3) is 0.250. The maximum atomic E-state index is 13.0. The van der Waals surface area contributed by atoms with Crippen molar-refractivity contribution in [2.75, 3.05) is 5.32 Å². The molecule has 0 unspecified atom stereocenters. The molecule has 4 aromatic rings. The lowest BCUT2D eigenvalue weighted by molar-refractivity contribution is 0.102. The number of carbonyl (C=O) groups excluding carboxylic acids is 1. The van der Waals surface area contributed by atoms with E-state index in [9.17, 15) is 14.0 Å². The van der Waals surface area contributed by atoms with E-state index >= 15 is 0 Å². The molecule has 4 rings (SSSR count). The Morgan fingerprint density at radius 1 is 1.12 bits per heavy atom. The lowest BCUT2D eigenvalue weighted by Crippen LogP contribution is -2.16. The van der Waals surface area contributed by atoms with E-state index in [1.54, 1.807) is 24.3 Å². The minimum Gasteiger partial charge on any atom is -0.487 e. The van der Waals surface area contributed by atoms with Gasteiger partial charge in [-0.05, 0) is 61.4 Å². The van der Waals surface area contributed by atoms with Crippen molar-refractivity contribution < 1.29 is 13.9 Å². The molecule has 0 radical (unpaired) electrons. The molecule has 2 heterocycles. The largest absolute Gasteiger partial charge is 0.487 e. The molecule has 9 heteroatoms. The Morgan fingerprint density at radius 3 is 2.48 bits per heavy atom. The Labute approximate surface area is 193 Å². The second-order valence-electron chi connectivity index (χ2n) is 7.51. The van der Waals surface area contributed by atoms with Crippen LogP contribution in [-0.2, 0) is 6.61 Å². The van der Waals surface area contributed by atoms with Crippen molar-refractivity contribution in [2.24, 2.45) is 0 Å². The summed E-state index contributed by atoms with van der Waals surface area (Å²) < 4.78 is 20.1. The smallest absolute Gasteiger partial charge is 0.275 e. The van der Waals surface area contributed by atoms with Gasteiger partial charge in [0, 0.05) is 23.2 Å². The molecule has 0 bridgehead atoms. The van der Waals surface area contributed by atoms with Gasteiger partial charge in [0.05, 0.1) is 5.69 Å². The molecule has 2 aromatic carbocycles. The maximum Gasteiger partial charge on any atom is 0.275 e. The molecule has 0 saturated heterocycles. The number of anilines is 1. The van der Waals surface area contributed by atoms with Crippen LogP contribution in [0.5, 0.6) is 5.75 Å². The van der Waals surface area contributed by atoms with Crippen LogP contribution in [0.15, 0.2) is 59.4 Å². The van der Waals surface area contributed by atoms with Crippen molar-refractivity contribution in [3.8, 4) is 5.75 Å². The van der Waals surface area contributed by atoms with Crippen LogP contribution in [0.4, 0.5) is 10.1 Å². The van der Waals surface area contributed by atoms with E-state index in [4.69, 9.17) is 4.74 Å². The number of fused-ring (bicyclic) bond motifs is 1. The monoisotopic (exact) mass is 466 g/mol. The van der Waals surface area contributed by atoms with Gasteiger partial charge in [0.25, 0.3) is 11.5 Å². The summed E-state index contributed by atoms with van der Waals surface area (Å²) in [6.07, 6.45) is 1.92. The number of hydrogen-bond donors (Lipinski definition) is 1. The van der Waals surface area contributed by atoms with Crippen molar-refractivity contribution in [3.63, 3.8) is 0 Å². The summed E-state index contributed by atoms with van der Waals surface area (Å²) in [5.41, 5.74) is 1.23. The highest BCUT2D eigenvalue weighted by molar-refractivity contribution is 7.16. The van der Waals surface area contributed by atoms with Gasteiger partial charge in [-0.25, -0.2) is 9.37 Å². The number of benzene rings is 2. The van der Waals surface area contributed by atoms with Crippen LogP contribution in [0.25, 0.3) is 4.96 Å². The number of ether oxygens (including phenoxy) is 1. The summed E-state index contributed by atoms with van der Waals surface area (Å²) in [5, 5.41) is 8.11. The molecule has 7 nitrogen and oxygen atoms in total. The van der Waals surface area contributed by atoms with Gasteiger partial charge >= 0.3 is 0 Å². The van der Waals surface area contributed by atoms with E-state index in [-0.39, 0.29) is 18.1 Å². The van der Waals surface area contributed by atoms with E-state index in [0.29, 0.717) is 33.6 Å². The zero-order valence-corrected chi connectivity index (χ0v) is 19.1. The van der Waals surface area contributed by atoms with Crippen LogP contribution in [0, 0.1) is 5.82 Å². The van der Waals surface area contributed by atoms with Crippen LogP contribution in [0.1, 0.15) is 53.7 Å². The van der Waals surface area contributed by atoms with Gasteiger partial charge in [-0.15, -0.1) is 0 Å².